The van der Waals surface area contributed by atoms with Crippen LogP contribution < -0.4 is 0 Å². The summed E-state index contributed by atoms with van der Waals surface area (Å²) in [5.74, 6) is -0.183. The van der Waals surface area contributed by atoms with Crippen molar-refractivity contribution in [2.24, 2.45) is 0 Å². The zero-order valence-electron chi connectivity index (χ0n) is 11.6. The molecule has 0 aliphatic rings. The van der Waals surface area contributed by atoms with E-state index in [2.05, 4.69) is 48.5 Å². The molecule has 1 aromatic heterocycles. The van der Waals surface area contributed by atoms with Crippen LogP contribution in [0.4, 0.5) is 4.39 Å². The van der Waals surface area contributed by atoms with Crippen LogP contribution in [0.1, 0.15) is 0 Å². The van der Waals surface area contributed by atoms with E-state index in [-0.39, 0.29) is 5.82 Å². The van der Waals surface area contributed by atoms with E-state index in [0.29, 0.717) is 0 Å². The van der Waals surface area contributed by atoms with Crippen LogP contribution in [0.2, 0.25) is 0 Å². The molecule has 0 saturated heterocycles. The highest BCUT2D eigenvalue weighted by molar-refractivity contribution is 7.26. The van der Waals surface area contributed by atoms with Gasteiger partial charge in [0.25, 0.3) is 0 Å². The lowest BCUT2D eigenvalue weighted by Crippen LogP contribution is -1.76. The van der Waals surface area contributed by atoms with Gasteiger partial charge in [0, 0.05) is 20.2 Å². The van der Waals surface area contributed by atoms with E-state index in [1.165, 1.54) is 37.0 Å². The zero-order valence-corrected chi connectivity index (χ0v) is 12.5. The van der Waals surface area contributed by atoms with E-state index in [9.17, 15) is 4.39 Å². The smallest absolute Gasteiger partial charge is 0.123 e. The molecule has 22 heavy (non-hydrogen) atoms. The first-order valence-corrected chi connectivity index (χ1v) is 8.04. The van der Waals surface area contributed by atoms with Gasteiger partial charge in [-0.1, -0.05) is 30.3 Å². The Hall–Kier alpha value is -2.45. The fourth-order valence-corrected chi connectivity index (χ4v) is 4.34. The van der Waals surface area contributed by atoms with E-state index in [1.807, 2.05) is 6.07 Å². The van der Waals surface area contributed by atoms with Crippen LogP contribution in [0.25, 0.3) is 41.7 Å². The van der Waals surface area contributed by atoms with Gasteiger partial charge in [-0.05, 0) is 57.9 Å². The second-order valence-corrected chi connectivity index (χ2v) is 6.72. The molecule has 0 bridgehead atoms. The SMILES string of the molecule is Fc1ccc2cc3sc4cc5ccccc5cc4c3cc2c1. The molecule has 1 heterocycles. The van der Waals surface area contributed by atoms with Crippen molar-refractivity contribution in [1.82, 2.24) is 0 Å². The molecule has 0 spiro atoms. The first-order valence-electron chi connectivity index (χ1n) is 7.22. The van der Waals surface area contributed by atoms with E-state index in [0.717, 1.165) is 10.8 Å². The molecule has 2 heteroatoms. The van der Waals surface area contributed by atoms with Gasteiger partial charge >= 0.3 is 0 Å². The number of hydrogen-bond donors (Lipinski definition) is 0. The van der Waals surface area contributed by atoms with Gasteiger partial charge in [0.05, 0.1) is 0 Å². The zero-order chi connectivity index (χ0) is 14.7. The number of benzene rings is 4. The molecule has 0 atom stereocenters. The molecule has 0 saturated carbocycles. The molecular formula is C20H11FS. The lowest BCUT2D eigenvalue weighted by Gasteiger charge is -2.00. The van der Waals surface area contributed by atoms with Crippen molar-refractivity contribution >= 4 is 53.1 Å². The van der Waals surface area contributed by atoms with Crippen LogP contribution >= 0.6 is 11.3 Å². The van der Waals surface area contributed by atoms with Crippen molar-refractivity contribution in [2.45, 2.75) is 0 Å². The van der Waals surface area contributed by atoms with Crippen LogP contribution in [0.3, 0.4) is 0 Å². The summed E-state index contributed by atoms with van der Waals surface area (Å²) in [5.41, 5.74) is 0. The fourth-order valence-electron chi connectivity index (χ4n) is 3.18. The molecule has 0 unspecified atom stereocenters. The first-order chi connectivity index (χ1) is 10.8. The van der Waals surface area contributed by atoms with Crippen molar-refractivity contribution in [3.63, 3.8) is 0 Å². The van der Waals surface area contributed by atoms with Gasteiger partial charge in [0.2, 0.25) is 0 Å². The first kappa shape index (κ1) is 12.1. The Bertz CT molecular complexity index is 1180. The maximum absolute atomic E-state index is 13.5. The van der Waals surface area contributed by atoms with Crippen molar-refractivity contribution in [2.75, 3.05) is 0 Å². The molecular weight excluding hydrogens is 291 g/mol. The Morgan fingerprint density at radius 2 is 1.18 bits per heavy atom. The summed E-state index contributed by atoms with van der Waals surface area (Å²) < 4.78 is 16.0. The molecule has 0 aliphatic carbocycles. The highest BCUT2D eigenvalue weighted by Crippen LogP contribution is 2.38. The fraction of sp³-hybridized carbons (Fsp3) is 0. The average Bonchev–Trinajstić information content (AvgIpc) is 2.87. The standard InChI is InChI=1S/C20H11FS/c21-16-6-5-14-11-20-18(9-15(14)7-16)17-8-12-3-1-2-4-13(12)10-19(17)22-20/h1-11H. The van der Waals surface area contributed by atoms with Crippen LogP contribution in [0.5, 0.6) is 0 Å². The summed E-state index contributed by atoms with van der Waals surface area (Å²) in [5, 5.41) is 7.02. The molecule has 4 aromatic carbocycles. The maximum atomic E-state index is 13.5. The summed E-state index contributed by atoms with van der Waals surface area (Å²) >= 11 is 1.80. The topological polar surface area (TPSA) is 0 Å². The number of halogens is 1. The highest BCUT2D eigenvalue weighted by atomic mass is 32.1. The Morgan fingerprint density at radius 3 is 1.91 bits per heavy atom. The lowest BCUT2D eigenvalue weighted by atomic mass is 10.0. The van der Waals surface area contributed by atoms with Gasteiger partial charge in [-0.2, -0.15) is 0 Å². The van der Waals surface area contributed by atoms with Crippen LogP contribution in [0, 0.1) is 5.82 Å². The van der Waals surface area contributed by atoms with Crippen molar-refractivity contribution in [3.8, 4) is 0 Å². The molecule has 0 fully saturated rings. The molecule has 0 nitrogen and oxygen atoms in total. The van der Waals surface area contributed by atoms with Crippen molar-refractivity contribution in [3.05, 3.63) is 72.5 Å². The summed E-state index contributed by atoms with van der Waals surface area (Å²) in [6, 6.07) is 22.2. The molecule has 0 N–H and O–H groups in total. The predicted octanol–water partition coefficient (Wildman–Crippen LogP) is 6.50. The molecule has 104 valence electrons. The quantitative estimate of drug-likeness (QED) is 0.306. The third-order valence-corrected chi connectivity index (χ3v) is 5.37. The molecule has 5 rings (SSSR count). The highest BCUT2D eigenvalue weighted by Gasteiger charge is 2.08. The van der Waals surface area contributed by atoms with Crippen LogP contribution in [0.15, 0.2) is 66.7 Å². The summed E-state index contributed by atoms with van der Waals surface area (Å²) in [6.45, 7) is 0. The maximum Gasteiger partial charge on any atom is 0.123 e. The van der Waals surface area contributed by atoms with Gasteiger partial charge in [0.1, 0.15) is 5.82 Å². The van der Waals surface area contributed by atoms with Gasteiger partial charge in [0.15, 0.2) is 0 Å². The molecule has 5 aromatic rings. The third kappa shape index (κ3) is 1.68. The van der Waals surface area contributed by atoms with Gasteiger partial charge in [-0.3, -0.25) is 0 Å². The van der Waals surface area contributed by atoms with Gasteiger partial charge < -0.3 is 0 Å². The minimum Gasteiger partial charge on any atom is -0.207 e. The monoisotopic (exact) mass is 302 g/mol. The van der Waals surface area contributed by atoms with Crippen molar-refractivity contribution < 1.29 is 4.39 Å². The normalized spacial score (nSPS) is 11.9. The largest absolute Gasteiger partial charge is 0.207 e. The Balaban J connectivity index is 1.98. The average molecular weight is 302 g/mol. The summed E-state index contributed by atoms with van der Waals surface area (Å²) in [7, 11) is 0. The Morgan fingerprint density at radius 1 is 0.591 bits per heavy atom. The number of rotatable bonds is 0. The van der Waals surface area contributed by atoms with Crippen LogP contribution in [-0.2, 0) is 0 Å². The predicted molar refractivity (Wildman–Crippen MR) is 94.3 cm³/mol. The van der Waals surface area contributed by atoms with Gasteiger partial charge in [-0.25, -0.2) is 4.39 Å². The number of hydrogen-bond acceptors (Lipinski definition) is 1. The van der Waals surface area contributed by atoms with E-state index >= 15 is 0 Å². The summed E-state index contributed by atoms with van der Waals surface area (Å²) in [6.07, 6.45) is 0. The second-order valence-electron chi connectivity index (χ2n) is 5.64. The van der Waals surface area contributed by atoms with E-state index in [1.54, 1.807) is 17.4 Å². The Kier molecular flexibility index (Phi) is 2.36. The molecule has 0 amide bonds. The van der Waals surface area contributed by atoms with E-state index in [4.69, 9.17) is 0 Å². The van der Waals surface area contributed by atoms with Crippen LogP contribution in [-0.4, -0.2) is 0 Å². The minimum absolute atomic E-state index is 0.183. The number of thiophene rings is 1. The number of fused-ring (bicyclic) bond motifs is 5. The molecule has 0 radical (unpaired) electrons. The van der Waals surface area contributed by atoms with E-state index < -0.39 is 0 Å². The second kappa shape index (κ2) is 4.28. The molecule has 0 aliphatic heterocycles. The third-order valence-electron chi connectivity index (χ3n) is 4.26. The van der Waals surface area contributed by atoms with Gasteiger partial charge in [-0.15, -0.1) is 11.3 Å². The lowest BCUT2D eigenvalue weighted by molar-refractivity contribution is 0.630. The summed E-state index contributed by atoms with van der Waals surface area (Å²) in [4.78, 5) is 0. The van der Waals surface area contributed by atoms with Crippen molar-refractivity contribution in [1.29, 1.82) is 0 Å². The Labute approximate surface area is 130 Å². The minimum atomic E-state index is -0.183.